The summed E-state index contributed by atoms with van der Waals surface area (Å²) in [6.07, 6.45) is 2.83. The molecule has 106 valence electrons. The van der Waals surface area contributed by atoms with E-state index in [1.54, 1.807) is 11.3 Å². The van der Waals surface area contributed by atoms with Gasteiger partial charge in [-0.2, -0.15) is 0 Å². The van der Waals surface area contributed by atoms with E-state index in [-0.39, 0.29) is 11.4 Å². The fourth-order valence-corrected chi connectivity index (χ4v) is 3.40. The Morgan fingerprint density at radius 1 is 1.53 bits per heavy atom. The lowest BCUT2D eigenvalue weighted by Gasteiger charge is -2.25. The van der Waals surface area contributed by atoms with Gasteiger partial charge in [-0.3, -0.25) is 4.79 Å². The molecule has 1 aliphatic rings. The van der Waals surface area contributed by atoms with Gasteiger partial charge < -0.3 is 10.2 Å². The van der Waals surface area contributed by atoms with Crippen LogP contribution in [0.2, 0.25) is 0 Å². The van der Waals surface area contributed by atoms with Gasteiger partial charge in [0.1, 0.15) is 0 Å². The van der Waals surface area contributed by atoms with E-state index in [4.69, 9.17) is 0 Å². The van der Waals surface area contributed by atoms with Crippen molar-refractivity contribution in [3.8, 4) is 0 Å². The summed E-state index contributed by atoms with van der Waals surface area (Å²) >= 11 is 1.76. The second-order valence-electron chi connectivity index (χ2n) is 6.19. The maximum atomic E-state index is 12.3. The lowest BCUT2D eigenvalue weighted by atomic mass is 10.1. The summed E-state index contributed by atoms with van der Waals surface area (Å²) in [5.41, 5.74) is 0.0818. The molecule has 1 unspecified atom stereocenters. The average molecular weight is 280 g/mol. The van der Waals surface area contributed by atoms with Crippen molar-refractivity contribution in [1.82, 2.24) is 10.2 Å². The number of hydrogen-bond donors (Lipinski definition) is 1. The molecule has 1 aromatic heterocycles. The van der Waals surface area contributed by atoms with Crippen LogP contribution in [0.1, 0.15) is 51.0 Å². The Morgan fingerprint density at radius 3 is 2.95 bits per heavy atom. The Balaban J connectivity index is 1.88. The van der Waals surface area contributed by atoms with Crippen LogP contribution in [-0.2, 0) is 4.79 Å². The first-order valence-electron chi connectivity index (χ1n) is 7.05. The van der Waals surface area contributed by atoms with Crippen LogP contribution in [0.15, 0.2) is 17.5 Å². The highest BCUT2D eigenvalue weighted by atomic mass is 32.1. The monoisotopic (exact) mass is 280 g/mol. The molecule has 1 aromatic rings. The minimum Gasteiger partial charge on any atom is -0.335 e. The molecule has 2 heterocycles. The first-order chi connectivity index (χ1) is 8.97. The van der Waals surface area contributed by atoms with Crippen molar-refractivity contribution in [2.45, 2.75) is 51.6 Å². The smallest absolute Gasteiger partial charge is 0.224 e. The van der Waals surface area contributed by atoms with Gasteiger partial charge in [-0.1, -0.05) is 6.07 Å². The molecule has 0 aliphatic carbocycles. The Kier molecular flexibility index (Phi) is 4.63. The zero-order valence-corrected chi connectivity index (χ0v) is 12.9. The molecule has 1 atom stereocenters. The number of carbonyl (C=O) groups excluding carboxylic acids is 1. The largest absolute Gasteiger partial charge is 0.335 e. The Morgan fingerprint density at radius 2 is 2.32 bits per heavy atom. The summed E-state index contributed by atoms with van der Waals surface area (Å²) in [5, 5.41) is 5.48. The Labute approximate surface area is 120 Å². The van der Waals surface area contributed by atoms with E-state index in [9.17, 15) is 4.79 Å². The molecule has 0 radical (unpaired) electrons. The van der Waals surface area contributed by atoms with Crippen LogP contribution in [0.25, 0.3) is 0 Å². The van der Waals surface area contributed by atoms with Gasteiger partial charge in [-0.05, 0) is 45.1 Å². The van der Waals surface area contributed by atoms with E-state index in [2.05, 4.69) is 48.5 Å². The van der Waals surface area contributed by atoms with Crippen molar-refractivity contribution in [3.05, 3.63) is 22.4 Å². The maximum Gasteiger partial charge on any atom is 0.224 e. The highest BCUT2D eigenvalue weighted by Gasteiger charge is 2.30. The second kappa shape index (κ2) is 6.06. The molecule has 1 saturated heterocycles. The zero-order chi connectivity index (χ0) is 13.9. The van der Waals surface area contributed by atoms with Crippen LogP contribution >= 0.6 is 11.3 Å². The number of rotatable bonds is 4. The van der Waals surface area contributed by atoms with Crippen molar-refractivity contribution in [2.24, 2.45) is 0 Å². The number of nitrogens with zero attached hydrogens (tertiary/aromatic N) is 1. The second-order valence-corrected chi connectivity index (χ2v) is 7.17. The molecule has 0 spiro atoms. The molecule has 1 amide bonds. The van der Waals surface area contributed by atoms with Crippen LogP contribution in [0.3, 0.4) is 0 Å². The third-order valence-electron chi connectivity index (χ3n) is 3.44. The van der Waals surface area contributed by atoms with Crippen molar-refractivity contribution in [1.29, 1.82) is 0 Å². The molecule has 1 fully saturated rings. The van der Waals surface area contributed by atoms with E-state index in [0.29, 0.717) is 12.5 Å². The van der Waals surface area contributed by atoms with Gasteiger partial charge >= 0.3 is 0 Å². The first kappa shape index (κ1) is 14.5. The molecule has 1 aliphatic heterocycles. The van der Waals surface area contributed by atoms with Gasteiger partial charge in [-0.25, -0.2) is 0 Å². The third-order valence-corrected chi connectivity index (χ3v) is 4.41. The molecule has 4 heteroatoms. The van der Waals surface area contributed by atoms with Crippen molar-refractivity contribution in [3.63, 3.8) is 0 Å². The predicted molar refractivity (Wildman–Crippen MR) is 80.4 cm³/mol. The van der Waals surface area contributed by atoms with E-state index in [1.165, 1.54) is 4.88 Å². The van der Waals surface area contributed by atoms with Crippen molar-refractivity contribution >= 4 is 17.2 Å². The number of hydrogen-bond acceptors (Lipinski definition) is 3. The summed E-state index contributed by atoms with van der Waals surface area (Å²) in [7, 11) is 0. The number of carbonyl (C=O) groups is 1. The van der Waals surface area contributed by atoms with Crippen LogP contribution in [0.5, 0.6) is 0 Å². The van der Waals surface area contributed by atoms with Crippen LogP contribution in [0, 0.1) is 0 Å². The van der Waals surface area contributed by atoms with E-state index in [0.717, 1.165) is 25.9 Å². The molecule has 0 bridgehead atoms. The lowest BCUT2D eigenvalue weighted by molar-refractivity contribution is -0.132. The van der Waals surface area contributed by atoms with Crippen molar-refractivity contribution in [2.75, 3.05) is 13.1 Å². The topological polar surface area (TPSA) is 32.3 Å². The zero-order valence-electron chi connectivity index (χ0n) is 12.1. The summed E-state index contributed by atoms with van der Waals surface area (Å²) in [6, 6.07) is 4.54. The lowest BCUT2D eigenvalue weighted by Crippen LogP contribution is -2.39. The first-order valence-corrected chi connectivity index (χ1v) is 7.93. The van der Waals surface area contributed by atoms with E-state index in [1.807, 2.05) is 0 Å². The quantitative estimate of drug-likeness (QED) is 0.918. The van der Waals surface area contributed by atoms with Crippen LogP contribution in [-0.4, -0.2) is 29.4 Å². The maximum absolute atomic E-state index is 12.3. The molecular formula is C15H24N2OS. The fourth-order valence-electron chi connectivity index (χ4n) is 2.53. The Bertz CT molecular complexity index is 408. The standard InChI is InChI=1S/C15H24N2OS/c1-15(2,3)16-9-8-14(18)17-10-4-6-12(17)13-7-5-11-19-13/h5,7,11-12,16H,4,6,8-10H2,1-3H3. The molecule has 2 rings (SSSR count). The van der Waals surface area contributed by atoms with Gasteiger partial charge in [0, 0.05) is 29.9 Å². The van der Waals surface area contributed by atoms with Crippen LogP contribution in [0.4, 0.5) is 0 Å². The summed E-state index contributed by atoms with van der Waals surface area (Å²) in [4.78, 5) is 15.7. The molecule has 19 heavy (non-hydrogen) atoms. The minimum absolute atomic E-state index is 0.0818. The fraction of sp³-hybridized carbons (Fsp3) is 0.667. The SMILES string of the molecule is CC(C)(C)NCCC(=O)N1CCCC1c1cccs1. The van der Waals surface area contributed by atoms with Gasteiger partial charge in [0.15, 0.2) is 0 Å². The van der Waals surface area contributed by atoms with Gasteiger partial charge in [0.05, 0.1) is 6.04 Å². The molecular weight excluding hydrogens is 256 g/mol. The average Bonchev–Trinajstić information content (AvgIpc) is 2.97. The van der Waals surface area contributed by atoms with Gasteiger partial charge in [-0.15, -0.1) is 11.3 Å². The normalized spacial score (nSPS) is 19.9. The van der Waals surface area contributed by atoms with E-state index >= 15 is 0 Å². The summed E-state index contributed by atoms with van der Waals surface area (Å²) in [5.74, 6) is 0.285. The molecule has 3 nitrogen and oxygen atoms in total. The van der Waals surface area contributed by atoms with Gasteiger partial charge in [0.25, 0.3) is 0 Å². The Hall–Kier alpha value is -0.870. The number of nitrogens with one attached hydrogen (secondary N) is 1. The number of likely N-dealkylation sites (tertiary alicyclic amines) is 1. The summed E-state index contributed by atoms with van der Waals surface area (Å²) in [6.45, 7) is 8.05. The molecule has 1 N–H and O–H groups in total. The van der Waals surface area contributed by atoms with Gasteiger partial charge in [0.2, 0.25) is 5.91 Å². The number of thiophene rings is 1. The van der Waals surface area contributed by atoms with Crippen LogP contribution < -0.4 is 5.32 Å². The summed E-state index contributed by atoms with van der Waals surface area (Å²) < 4.78 is 0. The molecule has 0 saturated carbocycles. The minimum atomic E-state index is 0.0818. The highest BCUT2D eigenvalue weighted by molar-refractivity contribution is 7.10. The van der Waals surface area contributed by atoms with Crippen molar-refractivity contribution < 1.29 is 4.79 Å². The number of amides is 1. The highest BCUT2D eigenvalue weighted by Crippen LogP contribution is 2.34. The van der Waals surface area contributed by atoms with E-state index < -0.39 is 0 Å². The third kappa shape index (κ3) is 4.05. The molecule has 0 aromatic carbocycles. The predicted octanol–water partition coefficient (Wildman–Crippen LogP) is 3.19.